The Hall–Kier alpha value is -5.62. The average Bonchev–Trinajstić information content (AvgIpc) is 3.89. The number of aromatic nitrogens is 3. The monoisotopic (exact) mass is 738 g/mol. The van der Waals surface area contributed by atoms with E-state index in [1.54, 1.807) is 19.1 Å². The highest BCUT2D eigenvalue weighted by Crippen LogP contribution is 2.45. The average molecular weight is 739 g/mol. The molecule has 0 spiro atoms. The molecule has 11 heteroatoms. The topological polar surface area (TPSA) is 106 Å². The first-order chi connectivity index (χ1) is 25.4. The maximum absolute atomic E-state index is 14.4. The summed E-state index contributed by atoms with van der Waals surface area (Å²) in [6, 6.07) is 40.1. The molecule has 256 valence electrons. The second kappa shape index (κ2) is 14.5. The Balaban J connectivity index is 1.12. The molecule has 3 heterocycles. The third kappa shape index (κ3) is 6.61. The molecule has 0 radical (unpaired) electrons. The van der Waals surface area contributed by atoms with Crippen molar-refractivity contribution in [3.63, 3.8) is 0 Å². The number of thioether (sulfide) groups is 1. The van der Waals surface area contributed by atoms with Crippen LogP contribution in [-0.4, -0.2) is 32.0 Å². The van der Waals surface area contributed by atoms with Gasteiger partial charge in [0.2, 0.25) is 10.9 Å². The van der Waals surface area contributed by atoms with Crippen LogP contribution in [0.1, 0.15) is 38.1 Å². The van der Waals surface area contributed by atoms with Gasteiger partial charge in [-0.1, -0.05) is 138 Å². The minimum absolute atomic E-state index is 0.0329. The molecule has 1 amide bonds. The van der Waals surface area contributed by atoms with Gasteiger partial charge in [0.25, 0.3) is 5.91 Å². The Labute approximate surface area is 312 Å². The number of thiazole rings is 1. The molecule has 7 aromatic rings. The Morgan fingerprint density at radius 3 is 2.35 bits per heavy atom. The van der Waals surface area contributed by atoms with E-state index >= 15 is 0 Å². The summed E-state index contributed by atoms with van der Waals surface area (Å²) in [4.78, 5) is 34.8. The van der Waals surface area contributed by atoms with Crippen molar-refractivity contribution in [3.05, 3.63) is 166 Å². The number of aliphatic hydroxyl groups excluding tert-OH is 1. The highest BCUT2D eigenvalue weighted by Gasteiger charge is 2.46. The third-order valence-corrected chi connectivity index (χ3v) is 12.1. The zero-order valence-electron chi connectivity index (χ0n) is 27.8. The summed E-state index contributed by atoms with van der Waals surface area (Å²) >= 11 is 4.00. The van der Waals surface area contributed by atoms with Crippen LogP contribution in [0.2, 0.25) is 0 Å². The number of hydrogen-bond acceptors (Lipinski definition) is 10. The largest absolute Gasteiger partial charge is 0.503 e. The molecular weight excluding hydrogens is 709 g/mol. The molecule has 0 fully saturated rings. The number of hydrogen-bond donors (Lipinski definition) is 1. The summed E-state index contributed by atoms with van der Waals surface area (Å²) in [5.74, 6) is -0.522. The van der Waals surface area contributed by atoms with Crippen molar-refractivity contribution in [2.24, 2.45) is 0 Å². The summed E-state index contributed by atoms with van der Waals surface area (Å²) in [7, 11) is 0. The van der Waals surface area contributed by atoms with E-state index < -0.39 is 23.5 Å². The van der Waals surface area contributed by atoms with E-state index in [0.29, 0.717) is 43.6 Å². The van der Waals surface area contributed by atoms with Gasteiger partial charge in [0.15, 0.2) is 10.1 Å². The van der Waals surface area contributed by atoms with Crippen molar-refractivity contribution in [3.8, 4) is 16.3 Å². The Morgan fingerprint density at radius 2 is 1.56 bits per heavy atom. The first-order valence-corrected chi connectivity index (χ1v) is 19.1. The maximum atomic E-state index is 14.4. The van der Waals surface area contributed by atoms with Gasteiger partial charge in [-0.3, -0.25) is 14.5 Å². The minimum Gasteiger partial charge on any atom is -0.503 e. The van der Waals surface area contributed by atoms with Crippen molar-refractivity contribution >= 4 is 62.0 Å². The number of benzene rings is 5. The molecule has 2 aromatic heterocycles. The van der Waals surface area contributed by atoms with Gasteiger partial charge in [-0.2, -0.15) is 0 Å². The summed E-state index contributed by atoms with van der Waals surface area (Å²) in [5, 5.41) is 23.6. The van der Waals surface area contributed by atoms with Crippen LogP contribution in [0.25, 0.3) is 21.3 Å². The van der Waals surface area contributed by atoms with Gasteiger partial charge in [-0.15, -0.1) is 21.5 Å². The van der Waals surface area contributed by atoms with Crippen LogP contribution >= 0.6 is 34.4 Å². The number of rotatable bonds is 11. The first kappa shape index (κ1) is 33.5. The molecule has 52 heavy (non-hydrogen) atoms. The number of fused-ring (bicyclic) bond motifs is 1. The van der Waals surface area contributed by atoms with Crippen molar-refractivity contribution in [2.75, 3.05) is 4.90 Å². The lowest BCUT2D eigenvalue weighted by molar-refractivity contribution is -0.117. The fourth-order valence-electron chi connectivity index (χ4n) is 6.19. The summed E-state index contributed by atoms with van der Waals surface area (Å²) < 4.78 is 6.68. The molecule has 1 aliphatic heterocycles. The number of carbonyl (C=O) groups excluding carboxylic acids is 2. The number of aryl methyl sites for hydroxylation is 1. The molecule has 0 bridgehead atoms. The lowest BCUT2D eigenvalue weighted by Gasteiger charge is -2.24. The van der Waals surface area contributed by atoms with Crippen molar-refractivity contribution in [1.82, 2.24) is 15.2 Å². The van der Waals surface area contributed by atoms with Gasteiger partial charge in [0.05, 0.1) is 22.2 Å². The van der Waals surface area contributed by atoms with E-state index in [1.165, 1.54) is 44.7 Å². The number of anilines is 1. The molecule has 8 rings (SSSR count). The number of ketones is 1. The zero-order valence-corrected chi connectivity index (χ0v) is 30.3. The van der Waals surface area contributed by atoms with E-state index in [4.69, 9.17) is 4.74 Å². The molecule has 1 aliphatic rings. The van der Waals surface area contributed by atoms with Crippen LogP contribution in [0.5, 0.6) is 5.75 Å². The van der Waals surface area contributed by atoms with Crippen molar-refractivity contribution in [1.29, 1.82) is 0 Å². The van der Waals surface area contributed by atoms with Gasteiger partial charge in [-0.25, -0.2) is 4.98 Å². The van der Waals surface area contributed by atoms with Crippen molar-refractivity contribution < 1.29 is 19.4 Å². The number of Topliss-reactive ketones (excluding diaryl/α,β-unsaturated/α-hetero) is 1. The van der Waals surface area contributed by atoms with Crippen LogP contribution in [0.15, 0.2) is 143 Å². The van der Waals surface area contributed by atoms with Gasteiger partial charge >= 0.3 is 0 Å². The van der Waals surface area contributed by atoms with Crippen LogP contribution in [-0.2, 0) is 17.2 Å². The SMILES string of the molecule is Cc1nc(-c2ccccc2)sc1C(=O)C1=C(O)C(=O)N(c2nnc(SCc3cccc4ccccc34)s2)[C@@H]1c1ccc(OCc2ccccc2)cc1. The second-order valence-corrected chi connectivity index (χ2v) is 15.3. The van der Waals surface area contributed by atoms with Gasteiger partial charge in [0.1, 0.15) is 17.4 Å². The zero-order chi connectivity index (χ0) is 35.6. The summed E-state index contributed by atoms with van der Waals surface area (Å²) in [5.41, 5.74) is 4.16. The normalized spacial score (nSPS) is 14.4. The number of ether oxygens (including phenoxy) is 1. The minimum atomic E-state index is -0.964. The summed E-state index contributed by atoms with van der Waals surface area (Å²) in [6.45, 7) is 2.15. The Kier molecular flexibility index (Phi) is 9.38. The smallest absolute Gasteiger partial charge is 0.296 e. The second-order valence-electron chi connectivity index (χ2n) is 12.1. The van der Waals surface area contributed by atoms with E-state index in [1.807, 2.05) is 91.0 Å². The predicted octanol–water partition coefficient (Wildman–Crippen LogP) is 9.78. The molecule has 8 nitrogen and oxygen atoms in total. The highest BCUT2D eigenvalue weighted by atomic mass is 32.2. The van der Waals surface area contributed by atoms with Gasteiger partial charge in [0, 0.05) is 11.3 Å². The number of carbonyl (C=O) groups is 2. The molecule has 0 aliphatic carbocycles. The Bertz CT molecular complexity index is 2440. The quantitative estimate of drug-likeness (QED) is 0.0795. The predicted molar refractivity (Wildman–Crippen MR) is 207 cm³/mol. The molecular formula is C41H30N4O4S3. The van der Waals surface area contributed by atoms with Gasteiger partial charge < -0.3 is 9.84 Å². The molecule has 1 N–H and O–H groups in total. The maximum Gasteiger partial charge on any atom is 0.296 e. The van der Waals surface area contributed by atoms with Crippen LogP contribution in [0.3, 0.4) is 0 Å². The third-order valence-electron chi connectivity index (χ3n) is 8.75. The fraction of sp³-hybridized carbons (Fsp3) is 0.0976. The highest BCUT2D eigenvalue weighted by molar-refractivity contribution is 8.00. The molecule has 1 atom stereocenters. The first-order valence-electron chi connectivity index (χ1n) is 16.5. The summed E-state index contributed by atoms with van der Waals surface area (Å²) in [6.07, 6.45) is 0. The van der Waals surface area contributed by atoms with E-state index in [9.17, 15) is 14.7 Å². The number of amides is 1. The standard InChI is InChI=1S/C41H30N4O4S3/c1-25-37(51-38(42-25)29-14-6-3-7-15-29)35(46)33-34(28-19-21-31(22-20-28)49-23-26-11-4-2-5-12-26)45(39(48)36(33)47)40-43-44-41(52-40)50-24-30-17-10-16-27-13-8-9-18-32(27)30/h2-22,34,47H,23-24H2,1H3/t34-/m1/s1. The van der Waals surface area contributed by atoms with E-state index in [-0.39, 0.29) is 10.7 Å². The van der Waals surface area contributed by atoms with Crippen LogP contribution < -0.4 is 9.64 Å². The Morgan fingerprint density at radius 1 is 0.846 bits per heavy atom. The molecule has 0 unspecified atom stereocenters. The lowest BCUT2D eigenvalue weighted by Crippen LogP contribution is -2.31. The van der Waals surface area contributed by atoms with Gasteiger partial charge in [-0.05, 0) is 46.5 Å². The van der Waals surface area contributed by atoms with E-state index in [0.717, 1.165) is 22.1 Å². The number of aliphatic hydroxyl groups is 1. The molecule has 0 saturated heterocycles. The van der Waals surface area contributed by atoms with Crippen molar-refractivity contribution in [2.45, 2.75) is 29.7 Å². The fourth-order valence-corrected chi connectivity index (χ4v) is 9.08. The molecule has 0 saturated carbocycles. The van der Waals surface area contributed by atoms with Crippen LogP contribution in [0, 0.1) is 6.92 Å². The lowest BCUT2D eigenvalue weighted by atomic mass is 9.95. The molecule has 5 aromatic carbocycles. The van der Waals surface area contributed by atoms with Crippen LogP contribution in [0.4, 0.5) is 5.13 Å². The number of nitrogens with zero attached hydrogens (tertiary/aromatic N) is 4. The van der Waals surface area contributed by atoms with E-state index in [2.05, 4.69) is 39.4 Å².